The van der Waals surface area contributed by atoms with Gasteiger partial charge in [-0.05, 0) is 19.8 Å². The van der Waals surface area contributed by atoms with Crippen molar-refractivity contribution in [3.05, 3.63) is 32.6 Å². The summed E-state index contributed by atoms with van der Waals surface area (Å²) < 4.78 is 11.7. The molecule has 1 aromatic heterocycles. The van der Waals surface area contributed by atoms with Crippen LogP contribution in [0.2, 0.25) is 0 Å². The van der Waals surface area contributed by atoms with Crippen LogP contribution in [0.1, 0.15) is 43.9 Å². The Morgan fingerprint density at radius 2 is 1.92 bits per heavy atom. The van der Waals surface area contributed by atoms with Crippen LogP contribution in [-0.4, -0.2) is 51.8 Å². The highest BCUT2D eigenvalue weighted by molar-refractivity contribution is 5.02. The van der Waals surface area contributed by atoms with E-state index in [0.717, 1.165) is 13.2 Å². The summed E-state index contributed by atoms with van der Waals surface area (Å²) in [6.07, 6.45) is 4.73. The number of ether oxygens (including phenoxy) is 2. The van der Waals surface area contributed by atoms with Gasteiger partial charge in [0.05, 0.1) is 12.7 Å². The second-order valence-corrected chi connectivity index (χ2v) is 6.12. The van der Waals surface area contributed by atoms with Gasteiger partial charge >= 0.3 is 5.69 Å². The monoisotopic (exact) mass is 342 g/mol. The second-order valence-electron chi connectivity index (χ2n) is 6.12. The summed E-state index contributed by atoms with van der Waals surface area (Å²) in [4.78, 5) is 24.9. The molecule has 136 valence electrons. The van der Waals surface area contributed by atoms with Crippen LogP contribution < -0.4 is 11.2 Å². The molecule has 8 nitrogen and oxygen atoms in total. The number of hydrogen-bond acceptors (Lipinski definition) is 6. The van der Waals surface area contributed by atoms with Crippen molar-refractivity contribution in [2.75, 3.05) is 19.8 Å². The minimum atomic E-state index is -0.816. The molecule has 0 amide bonds. The van der Waals surface area contributed by atoms with E-state index in [4.69, 9.17) is 14.6 Å². The largest absolute Gasteiger partial charge is 0.394 e. The van der Waals surface area contributed by atoms with Crippen LogP contribution >= 0.6 is 0 Å². The summed E-state index contributed by atoms with van der Waals surface area (Å²) >= 11 is 0. The van der Waals surface area contributed by atoms with Gasteiger partial charge in [0.2, 0.25) is 0 Å². The Kier molecular flexibility index (Phi) is 7.16. The number of hydrogen-bond donors (Lipinski definition) is 3. The Bertz CT molecular complexity index is 606. The third-order valence-corrected chi connectivity index (χ3v) is 4.17. The number of nitrogens with zero attached hydrogens (tertiary/aromatic N) is 1. The second kappa shape index (κ2) is 9.12. The third kappa shape index (κ3) is 5.01. The normalized spacial score (nSPS) is 27.2. The maximum absolute atomic E-state index is 11.6. The van der Waals surface area contributed by atoms with Crippen molar-refractivity contribution in [1.29, 1.82) is 0 Å². The molecule has 2 aliphatic rings. The van der Waals surface area contributed by atoms with E-state index in [1.165, 1.54) is 36.4 Å². The molecule has 0 saturated carbocycles. The van der Waals surface area contributed by atoms with E-state index < -0.39 is 29.7 Å². The molecule has 3 N–H and O–H groups in total. The van der Waals surface area contributed by atoms with Crippen molar-refractivity contribution in [1.82, 2.24) is 9.55 Å². The Balaban J connectivity index is 0.000000249. The highest BCUT2D eigenvalue weighted by Crippen LogP contribution is 2.27. The van der Waals surface area contributed by atoms with Crippen molar-refractivity contribution < 1.29 is 19.7 Å². The number of H-pyrrole nitrogens is 1. The van der Waals surface area contributed by atoms with E-state index in [0.29, 0.717) is 5.56 Å². The van der Waals surface area contributed by atoms with Crippen LogP contribution in [0.4, 0.5) is 0 Å². The van der Waals surface area contributed by atoms with Gasteiger partial charge in [-0.2, -0.15) is 0 Å². The number of aliphatic hydroxyl groups is 2. The van der Waals surface area contributed by atoms with Gasteiger partial charge in [0.1, 0.15) is 12.3 Å². The zero-order valence-corrected chi connectivity index (χ0v) is 13.9. The predicted octanol–water partition coefficient (Wildman–Crippen LogP) is 0.0627. The van der Waals surface area contributed by atoms with Crippen molar-refractivity contribution in [2.24, 2.45) is 0 Å². The zero-order chi connectivity index (χ0) is 17.5. The number of aromatic nitrogens is 2. The molecule has 1 aromatic rings. The number of aromatic amines is 1. The summed E-state index contributed by atoms with van der Waals surface area (Å²) in [5.74, 6) is 0. The minimum absolute atomic E-state index is 0.205. The highest BCUT2D eigenvalue weighted by Gasteiger charge is 2.34. The van der Waals surface area contributed by atoms with Gasteiger partial charge in [0.25, 0.3) is 5.56 Å². The van der Waals surface area contributed by atoms with Crippen LogP contribution in [0.5, 0.6) is 0 Å². The van der Waals surface area contributed by atoms with Crippen molar-refractivity contribution in [3.63, 3.8) is 0 Å². The van der Waals surface area contributed by atoms with E-state index in [9.17, 15) is 14.7 Å². The van der Waals surface area contributed by atoms with E-state index in [2.05, 4.69) is 4.98 Å². The van der Waals surface area contributed by atoms with Gasteiger partial charge < -0.3 is 19.7 Å². The van der Waals surface area contributed by atoms with E-state index >= 15 is 0 Å². The Morgan fingerprint density at radius 3 is 2.50 bits per heavy atom. The summed E-state index contributed by atoms with van der Waals surface area (Å²) in [5.41, 5.74) is -0.643. The first-order valence-corrected chi connectivity index (χ1v) is 8.37. The van der Waals surface area contributed by atoms with E-state index in [1.54, 1.807) is 6.92 Å². The lowest BCUT2D eigenvalue weighted by Gasteiger charge is -2.14. The smallest absolute Gasteiger partial charge is 0.330 e. The SMILES string of the molecule is C1CCCOCC1.Cc1cn([C@H]2C[C@H](O)[C@@H](CO)O2)c(=O)[nH]c1=O. The maximum Gasteiger partial charge on any atom is 0.330 e. The molecule has 8 heteroatoms. The van der Waals surface area contributed by atoms with Crippen molar-refractivity contribution in [2.45, 2.75) is 57.5 Å². The Morgan fingerprint density at radius 1 is 1.25 bits per heavy atom. The molecular weight excluding hydrogens is 316 g/mol. The first kappa shape index (κ1) is 18.9. The molecule has 0 unspecified atom stereocenters. The van der Waals surface area contributed by atoms with E-state index in [1.807, 2.05) is 0 Å². The molecule has 0 aliphatic carbocycles. The Labute approximate surface area is 140 Å². The number of rotatable bonds is 2. The molecule has 3 heterocycles. The lowest BCUT2D eigenvalue weighted by atomic mass is 10.2. The van der Waals surface area contributed by atoms with Crippen LogP contribution in [0.3, 0.4) is 0 Å². The molecule has 0 spiro atoms. The highest BCUT2D eigenvalue weighted by atomic mass is 16.5. The summed E-state index contributed by atoms with van der Waals surface area (Å²) in [5, 5.41) is 18.5. The lowest BCUT2D eigenvalue weighted by molar-refractivity contribution is -0.0459. The maximum atomic E-state index is 11.6. The van der Waals surface area contributed by atoms with Gasteiger partial charge in [-0.25, -0.2) is 4.79 Å². The summed E-state index contributed by atoms with van der Waals surface area (Å²) in [7, 11) is 0. The molecule has 0 aromatic carbocycles. The quantitative estimate of drug-likeness (QED) is 0.700. The van der Waals surface area contributed by atoms with Gasteiger partial charge in [0.15, 0.2) is 0 Å². The van der Waals surface area contributed by atoms with Crippen molar-refractivity contribution in [3.8, 4) is 0 Å². The Hall–Kier alpha value is -1.48. The van der Waals surface area contributed by atoms with Gasteiger partial charge in [0, 0.05) is 31.4 Å². The fraction of sp³-hybridized carbons (Fsp3) is 0.750. The summed E-state index contributed by atoms with van der Waals surface area (Å²) in [6.45, 7) is 3.26. The van der Waals surface area contributed by atoms with Crippen LogP contribution in [0.15, 0.2) is 15.8 Å². The van der Waals surface area contributed by atoms with Gasteiger partial charge in [-0.1, -0.05) is 12.8 Å². The topological polar surface area (TPSA) is 114 Å². The van der Waals surface area contributed by atoms with Gasteiger partial charge in [-0.15, -0.1) is 0 Å². The minimum Gasteiger partial charge on any atom is -0.394 e. The molecule has 3 rings (SSSR count). The predicted molar refractivity (Wildman–Crippen MR) is 87.0 cm³/mol. The lowest BCUT2D eigenvalue weighted by Crippen LogP contribution is -2.33. The van der Waals surface area contributed by atoms with Gasteiger partial charge in [-0.3, -0.25) is 14.3 Å². The average Bonchev–Trinajstić information content (AvgIpc) is 2.77. The standard InChI is InChI=1S/C10H14N2O5.C6H12O/c1-5-3-12(10(16)11-9(5)15)8-2-6(14)7(4-13)17-8;1-2-4-6-7-5-3-1/h3,6-8,13-14H,2,4H2,1H3,(H,11,15,16);1-6H2/t6-,7+,8+;/m0./s1. The number of nitrogens with one attached hydrogen (secondary N) is 1. The summed E-state index contributed by atoms with van der Waals surface area (Å²) in [6, 6.07) is 0. The first-order chi connectivity index (χ1) is 11.5. The van der Waals surface area contributed by atoms with Crippen LogP contribution in [0.25, 0.3) is 0 Å². The zero-order valence-electron chi connectivity index (χ0n) is 13.9. The molecule has 0 radical (unpaired) electrons. The fourth-order valence-corrected chi connectivity index (χ4v) is 2.71. The third-order valence-electron chi connectivity index (χ3n) is 4.17. The molecule has 2 aliphatic heterocycles. The number of aryl methyl sites for hydroxylation is 1. The molecular formula is C16H26N2O6. The molecule has 0 bridgehead atoms. The fourth-order valence-electron chi connectivity index (χ4n) is 2.71. The molecule has 2 fully saturated rings. The first-order valence-electron chi connectivity index (χ1n) is 8.37. The van der Waals surface area contributed by atoms with E-state index in [-0.39, 0.29) is 13.0 Å². The molecule has 24 heavy (non-hydrogen) atoms. The number of aliphatic hydroxyl groups excluding tert-OH is 2. The average molecular weight is 342 g/mol. The van der Waals surface area contributed by atoms with Crippen LogP contribution in [0, 0.1) is 6.92 Å². The van der Waals surface area contributed by atoms with Crippen molar-refractivity contribution >= 4 is 0 Å². The van der Waals surface area contributed by atoms with Crippen LogP contribution in [-0.2, 0) is 9.47 Å². The molecule has 2 saturated heterocycles. The molecule has 3 atom stereocenters.